The molecular formula is C19H16ClN3O2. The van der Waals surface area contributed by atoms with Crippen LogP contribution in [-0.2, 0) is 6.54 Å². The number of nitrogens with zero attached hydrogens (tertiary/aromatic N) is 2. The lowest BCUT2D eigenvalue weighted by Gasteiger charge is -2.10. The predicted molar refractivity (Wildman–Crippen MR) is 96.6 cm³/mol. The summed E-state index contributed by atoms with van der Waals surface area (Å²) < 4.78 is 5.21. The Kier molecular flexibility index (Phi) is 5.26. The minimum atomic E-state index is -0.278. The van der Waals surface area contributed by atoms with Crippen LogP contribution in [0.2, 0.25) is 5.02 Å². The molecule has 0 saturated carbocycles. The van der Waals surface area contributed by atoms with Crippen LogP contribution in [0.15, 0.2) is 60.9 Å². The van der Waals surface area contributed by atoms with Gasteiger partial charge >= 0.3 is 0 Å². The number of hydrogen-bond donors (Lipinski definition) is 1. The largest absolute Gasteiger partial charge is 0.496 e. The highest BCUT2D eigenvalue weighted by atomic mass is 35.5. The van der Waals surface area contributed by atoms with E-state index >= 15 is 0 Å². The fourth-order valence-corrected chi connectivity index (χ4v) is 2.56. The summed E-state index contributed by atoms with van der Waals surface area (Å²) in [6, 6.07) is 16.6. The first-order valence-corrected chi connectivity index (χ1v) is 8.03. The third kappa shape index (κ3) is 4.14. The van der Waals surface area contributed by atoms with Crippen molar-refractivity contribution in [3.8, 4) is 17.0 Å². The number of carbonyl (C=O) groups excluding carboxylic acids is 1. The van der Waals surface area contributed by atoms with Crippen LogP contribution in [0.5, 0.6) is 5.75 Å². The molecule has 0 spiro atoms. The standard InChI is InChI=1S/C19H16ClN3O2/c1-25-18-8-7-14(20)9-16(18)19(24)21-11-15-10-17(23-12-22-15)13-5-3-2-4-6-13/h2-10,12H,11H2,1H3,(H,21,24). The van der Waals surface area contributed by atoms with E-state index < -0.39 is 0 Å². The molecule has 2 aromatic carbocycles. The summed E-state index contributed by atoms with van der Waals surface area (Å²) in [6.07, 6.45) is 1.49. The molecule has 0 aliphatic carbocycles. The van der Waals surface area contributed by atoms with Crippen molar-refractivity contribution in [1.29, 1.82) is 0 Å². The quantitative estimate of drug-likeness (QED) is 0.759. The van der Waals surface area contributed by atoms with E-state index in [1.165, 1.54) is 13.4 Å². The molecule has 5 nitrogen and oxygen atoms in total. The number of amides is 1. The molecule has 1 amide bonds. The third-order valence-electron chi connectivity index (χ3n) is 3.63. The van der Waals surface area contributed by atoms with Crippen LogP contribution in [-0.4, -0.2) is 23.0 Å². The highest BCUT2D eigenvalue weighted by molar-refractivity contribution is 6.31. The molecule has 1 N–H and O–H groups in total. The van der Waals surface area contributed by atoms with Crippen LogP contribution in [0.25, 0.3) is 11.3 Å². The van der Waals surface area contributed by atoms with Gasteiger partial charge in [0.2, 0.25) is 0 Å². The molecule has 3 rings (SSSR count). The number of carbonyl (C=O) groups is 1. The summed E-state index contributed by atoms with van der Waals surface area (Å²) in [5, 5.41) is 3.30. The van der Waals surface area contributed by atoms with Gasteiger partial charge in [-0.05, 0) is 24.3 Å². The Labute approximate surface area is 150 Å². The fraction of sp³-hybridized carbons (Fsp3) is 0.105. The molecule has 0 aliphatic heterocycles. The van der Waals surface area contributed by atoms with Gasteiger partial charge in [-0.1, -0.05) is 41.9 Å². The molecular weight excluding hydrogens is 338 g/mol. The van der Waals surface area contributed by atoms with Crippen molar-refractivity contribution in [2.45, 2.75) is 6.54 Å². The number of halogens is 1. The van der Waals surface area contributed by atoms with Gasteiger partial charge in [0.05, 0.1) is 30.6 Å². The molecule has 0 fully saturated rings. The molecule has 6 heteroatoms. The normalized spacial score (nSPS) is 10.3. The van der Waals surface area contributed by atoms with Crippen molar-refractivity contribution < 1.29 is 9.53 Å². The summed E-state index contributed by atoms with van der Waals surface area (Å²) in [5.41, 5.74) is 2.89. The van der Waals surface area contributed by atoms with Crippen molar-refractivity contribution in [1.82, 2.24) is 15.3 Å². The van der Waals surface area contributed by atoms with Gasteiger partial charge in [0.15, 0.2) is 0 Å². The van der Waals surface area contributed by atoms with E-state index in [0.717, 1.165) is 11.3 Å². The van der Waals surface area contributed by atoms with Crippen molar-refractivity contribution in [3.05, 3.63) is 77.2 Å². The number of aromatic nitrogens is 2. The molecule has 1 aromatic heterocycles. The van der Waals surface area contributed by atoms with E-state index in [1.807, 2.05) is 36.4 Å². The Morgan fingerprint density at radius 3 is 2.68 bits per heavy atom. The number of methoxy groups -OCH3 is 1. The van der Waals surface area contributed by atoms with Gasteiger partial charge in [0.25, 0.3) is 5.91 Å². The van der Waals surface area contributed by atoms with E-state index in [9.17, 15) is 4.79 Å². The summed E-state index contributed by atoms with van der Waals surface area (Å²) in [7, 11) is 1.51. The Morgan fingerprint density at radius 1 is 1.12 bits per heavy atom. The maximum absolute atomic E-state index is 12.4. The average Bonchev–Trinajstić information content (AvgIpc) is 2.67. The van der Waals surface area contributed by atoms with Gasteiger partial charge in [0.1, 0.15) is 12.1 Å². The highest BCUT2D eigenvalue weighted by Crippen LogP contribution is 2.22. The van der Waals surface area contributed by atoms with Crippen molar-refractivity contribution in [2.75, 3.05) is 7.11 Å². The molecule has 0 saturated heterocycles. The lowest BCUT2D eigenvalue weighted by Crippen LogP contribution is -2.24. The average molecular weight is 354 g/mol. The van der Waals surface area contributed by atoms with E-state index in [4.69, 9.17) is 16.3 Å². The smallest absolute Gasteiger partial charge is 0.255 e. The zero-order chi connectivity index (χ0) is 17.6. The zero-order valence-corrected chi connectivity index (χ0v) is 14.3. The molecule has 25 heavy (non-hydrogen) atoms. The minimum Gasteiger partial charge on any atom is -0.496 e. The van der Waals surface area contributed by atoms with E-state index in [2.05, 4.69) is 15.3 Å². The first-order chi connectivity index (χ1) is 12.2. The maximum atomic E-state index is 12.4. The van der Waals surface area contributed by atoms with Gasteiger partial charge in [0, 0.05) is 10.6 Å². The number of benzene rings is 2. The summed E-state index contributed by atoms with van der Waals surface area (Å²) in [5.74, 6) is 0.189. The molecule has 0 unspecified atom stereocenters. The summed E-state index contributed by atoms with van der Waals surface area (Å²) in [4.78, 5) is 20.9. The monoisotopic (exact) mass is 353 g/mol. The van der Waals surface area contributed by atoms with Crippen LogP contribution in [0, 0.1) is 0 Å². The Balaban J connectivity index is 1.74. The second-order valence-electron chi connectivity index (χ2n) is 5.29. The summed E-state index contributed by atoms with van der Waals surface area (Å²) in [6.45, 7) is 0.275. The molecule has 0 atom stereocenters. The topological polar surface area (TPSA) is 64.1 Å². The first kappa shape index (κ1) is 16.9. The first-order valence-electron chi connectivity index (χ1n) is 7.65. The Hall–Kier alpha value is -2.92. The van der Waals surface area contributed by atoms with Crippen LogP contribution in [0.3, 0.4) is 0 Å². The van der Waals surface area contributed by atoms with Gasteiger partial charge in [-0.25, -0.2) is 9.97 Å². The lowest BCUT2D eigenvalue weighted by molar-refractivity contribution is 0.0947. The summed E-state index contributed by atoms with van der Waals surface area (Å²) >= 11 is 5.97. The van der Waals surface area contributed by atoms with E-state index in [-0.39, 0.29) is 12.5 Å². The van der Waals surface area contributed by atoms with Crippen LogP contribution in [0.4, 0.5) is 0 Å². The molecule has 1 heterocycles. The van der Waals surface area contributed by atoms with Crippen LogP contribution < -0.4 is 10.1 Å². The fourth-order valence-electron chi connectivity index (χ4n) is 2.38. The van der Waals surface area contributed by atoms with Gasteiger partial charge in [-0.15, -0.1) is 0 Å². The molecule has 0 aliphatic rings. The third-order valence-corrected chi connectivity index (χ3v) is 3.86. The zero-order valence-electron chi connectivity index (χ0n) is 13.6. The van der Waals surface area contributed by atoms with Crippen LogP contribution in [0.1, 0.15) is 16.1 Å². The molecule has 0 bridgehead atoms. The number of ether oxygens (including phenoxy) is 1. The van der Waals surface area contributed by atoms with Gasteiger partial charge in [-0.2, -0.15) is 0 Å². The second kappa shape index (κ2) is 7.77. The van der Waals surface area contributed by atoms with Crippen LogP contribution >= 0.6 is 11.6 Å². The lowest BCUT2D eigenvalue weighted by atomic mass is 10.1. The molecule has 0 radical (unpaired) electrons. The highest BCUT2D eigenvalue weighted by Gasteiger charge is 2.13. The SMILES string of the molecule is COc1ccc(Cl)cc1C(=O)NCc1cc(-c2ccccc2)ncn1. The number of hydrogen-bond acceptors (Lipinski definition) is 4. The Morgan fingerprint density at radius 2 is 1.92 bits per heavy atom. The van der Waals surface area contributed by atoms with Crippen molar-refractivity contribution >= 4 is 17.5 Å². The number of rotatable bonds is 5. The van der Waals surface area contributed by atoms with Crippen molar-refractivity contribution in [2.24, 2.45) is 0 Å². The van der Waals surface area contributed by atoms with Gasteiger partial charge in [-0.3, -0.25) is 4.79 Å². The van der Waals surface area contributed by atoms with Crippen molar-refractivity contribution in [3.63, 3.8) is 0 Å². The molecule has 126 valence electrons. The predicted octanol–water partition coefficient (Wildman–Crippen LogP) is 3.74. The maximum Gasteiger partial charge on any atom is 0.255 e. The van der Waals surface area contributed by atoms with Gasteiger partial charge < -0.3 is 10.1 Å². The van der Waals surface area contributed by atoms with E-state index in [1.54, 1.807) is 18.2 Å². The second-order valence-corrected chi connectivity index (χ2v) is 5.72. The molecule has 3 aromatic rings. The minimum absolute atomic E-state index is 0.275. The Bertz CT molecular complexity index is 885. The number of nitrogens with one attached hydrogen (secondary N) is 1. The van der Waals surface area contributed by atoms with E-state index in [0.29, 0.717) is 22.0 Å².